The zero-order valence-corrected chi connectivity index (χ0v) is 12.6. The van der Waals surface area contributed by atoms with Crippen molar-refractivity contribution in [3.05, 3.63) is 53.1 Å². The highest BCUT2D eigenvalue weighted by molar-refractivity contribution is 5.85. The highest BCUT2D eigenvalue weighted by Gasteiger charge is 2.04. The van der Waals surface area contributed by atoms with E-state index >= 15 is 0 Å². The Morgan fingerprint density at radius 3 is 2.45 bits per heavy atom. The minimum atomic E-state index is 0. The molecule has 2 N–H and O–H groups in total. The lowest BCUT2D eigenvalue weighted by atomic mass is 10.1. The summed E-state index contributed by atoms with van der Waals surface area (Å²) in [5.74, 6) is 1.70. The van der Waals surface area contributed by atoms with Crippen molar-refractivity contribution in [3.63, 3.8) is 0 Å². The third-order valence-electron chi connectivity index (χ3n) is 2.88. The number of ether oxygens (including phenoxy) is 1. The molecule has 5 heteroatoms. The van der Waals surface area contributed by atoms with Crippen LogP contribution in [0.15, 0.2) is 30.3 Å². The van der Waals surface area contributed by atoms with Gasteiger partial charge in [0.2, 0.25) is 0 Å². The van der Waals surface area contributed by atoms with Crippen molar-refractivity contribution >= 4 is 12.4 Å². The van der Waals surface area contributed by atoms with Crippen LogP contribution in [0.25, 0.3) is 0 Å². The fraction of sp³-hybridized carbons (Fsp3) is 0.333. The van der Waals surface area contributed by atoms with Crippen molar-refractivity contribution in [1.82, 2.24) is 9.97 Å². The van der Waals surface area contributed by atoms with Gasteiger partial charge < -0.3 is 10.5 Å². The van der Waals surface area contributed by atoms with Gasteiger partial charge >= 0.3 is 0 Å². The van der Waals surface area contributed by atoms with Gasteiger partial charge in [0.25, 0.3) is 0 Å². The highest BCUT2D eigenvalue weighted by Crippen LogP contribution is 2.14. The third-order valence-corrected chi connectivity index (χ3v) is 2.88. The van der Waals surface area contributed by atoms with Gasteiger partial charge in [0.15, 0.2) is 0 Å². The first kappa shape index (κ1) is 16.4. The molecule has 2 aromatic rings. The van der Waals surface area contributed by atoms with Gasteiger partial charge in [-0.25, -0.2) is 9.97 Å². The minimum absolute atomic E-state index is 0. The number of nitrogens with zero attached hydrogens (tertiary/aromatic N) is 2. The van der Waals surface area contributed by atoms with Gasteiger partial charge in [0.1, 0.15) is 11.6 Å². The molecule has 0 saturated carbocycles. The number of halogens is 1. The number of benzene rings is 1. The van der Waals surface area contributed by atoms with Crippen LogP contribution in [0.4, 0.5) is 0 Å². The maximum atomic E-state index is 5.57. The van der Waals surface area contributed by atoms with Crippen molar-refractivity contribution in [1.29, 1.82) is 0 Å². The summed E-state index contributed by atoms with van der Waals surface area (Å²) in [6.07, 6.45) is 1.52. The molecule has 0 aliphatic rings. The van der Waals surface area contributed by atoms with E-state index in [-0.39, 0.29) is 12.4 Å². The average molecular weight is 294 g/mol. The molecule has 108 valence electrons. The van der Waals surface area contributed by atoms with Crippen LogP contribution in [0.1, 0.15) is 22.8 Å². The predicted molar refractivity (Wildman–Crippen MR) is 82.6 cm³/mol. The molecule has 4 nitrogen and oxygen atoms in total. The fourth-order valence-corrected chi connectivity index (χ4v) is 1.98. The number of aromatic nitrogens is 2. The van der Waals surface area contributed by atoms with E-state index in [1.165, 1.54) is 5.56 Å². The zero-order chi connectivity index (χ0) is 13.7. The lowest BCUT2D eigenvalue weighted by Crippen LogP contribution is -2.08. The quantitative estimate of drug-likeness (QED) is 0.919. The molecule has 0 atom stereocenters. The van der Waals surface area contributed by atoms with E-state index in [1.807, 2.05) is 37.3 Å². The Morgan fingerprint density at radius 2 is 1.85 bits per heavy atom. The summed E-state index contributed by atoms with van der Waals surface area (Å²) in [7, 11) is 1.66. The Morgan fingerprint density at radius 1 is 1.15 bits per heavy atom. The Hall–Kier alpha value is -1.65. The van der Waals surface area contributed by atoms with Gasteiger partial charge in [-0.1, -0.05) is 12.1 Å². The second-order valence-corrected chi connectivity index (χ2v) is 4.48. The Bertz CT molecular complexity index is 543. The summed E-state index contributed by atoms with van der Waals surface area (Å²) < 4.78 is 5.14. The van der Waals surface area contributed by atoms with Crippen LogP contribution >= 0.6 is 12.4 Å². The number of rotatable bonds is 5. The second kappa shape index (κ2) is 7.82. The van der Waals surface area contributed by atoms with E-state index < -0.39 is 0 Å². The summed E-state index contributed by atoms with van der Waals surface area (Å²) in [5.41, 5.74) is 8.74. The molecule has 0 radical (unpaired) electrons. The SMILES string of the molecule is COc1ccc(Cc2nc(C)cc(CCN)n2)cc1.Cl. The van der Waals surface area contributed by atoms with E-state index in [2.05, 4.69) is 9.97 Å². The molecule has 1 aromatic carbocycles. The molecule has 0 unspecified atom stereocenters. The van der Waals surface area contributed by atoms with Crippen LogP contribution in [0.2, 0.25) is 0 Å². The smallest absolute Gasteiger partial charge is 0.133 e. The Labute approximate surface area is 125 Å². The van der Waals surface area contributed by atoms with Gasteiger partial charge in [0.05, 0.1) is 7.11 Å². The van der Waals surface area contributed by atoms with Crippen LogP contribution < -0.4 is 10.5 Å². The van der Waals surface area contributed by atoms with E-state index in [1.54, 1.807) is 7.11 Å². The fourth-order valence-electron chi connectivity index (χ4n) is 1.98. The van der Waals surface area contributed by atoms with Crippen molar-refractivity contribution in [3.8, 4) is 5.75 Å². The van der Waals surface area contributed by atoms with Crippen molar-refractivity contribution in [2.45, 2.75) is 19.8 Å². The molecule has 0 spiro atoms. The number of nitrogens with two attached hydrogens (primary N) is 1. The summed E-state index contributed by atoms with van der Waals surface area (Å²) in [5, 5.41) is 0. The molecule has 2 rings (SSSR count). The number of hydrogen-bond acceptors (Lipinski definition) is 4. The molecule has 1 aromatic heterocycles. The zero-order valence-electron chi connectivity index (χ0n) is 11.8. The van der Waals surface area contributed by atoms with Crippen molar-refractivity contribution < 1.29 is 4.74 Å². The van der Waals surface area contributed by atoms with Gasteiger partial charge in [-0.05, 0) is 37.2 Å². The molecule has 0 bridgehead atoms. The normalized spacial score (nSPS) is 9.95. The maximum Gasteiger partial charge on any atom is 0.133 e. The van der Waals surface area contributed by atoms with Gasteiger partial charge in [-0.15, -0.1) is 12.4 Å². The third kappa shape index (κ3) is 4.47. The minimum Gasteiger partial charge on any atom is -0.497 e. The van der Waals surface area contributed by atoms with Crippen LogP contribution in [0, 0.1) is 6.92 Å². The second-order valence-electron chi connectivity index (χ2n) is 4.48. The monoisotopic (exact) mass is 293 g/mol. The summed E-state index contributed by atoms with van der Waals surface area (Å²) in [6, 6.07) is 9.96. The van der Waals surface area contributed by atoms with Crippen LogP contribution in [0.5, 0.6) is 5.75 Å². The topological polar surface area (TPSA) is 61.0 Å². The largest absolute Gasteiger partial charge is 0.497 e. The van der Waals surface area contributed by atoms with E-state index in [9.17, 15) is 0 Å². The van der Waals surface area contributed by atoms with Crippen LogP contribution in [-0.2, 0) is 12.8 Å². The Kier molecular flexibility index (Phi) is 6.42. The lowest BCUT2D eigenvalue weighted by Gasteiger charge is -2.06. The molecule has 0 aliphatic heterocycles. The van der Waals surface area contributed by atoms with Crippen molar-refractivity contribution in [2.75, 3.05) is 13.7 Å². The molecule has 20 heavy (non-hydrogen) atoms. The summed E-state index contributed by atoms with van der Waals surface area (Å²) >= 11 is 0. The first-order chi connectivity index (χ1) is 9.21. The molecule has 0 aliphatic carbocycles. The van der Waals surface area contributed by atoms with Gasteiger partial charge in [-0.3, -0.25) is 0 Å². The summed E-state index contributed by atoms with van der Waals surface area (Å²) in [4.78, 5) is 9.01. The molecular formula is C15H20ClN3O. The maximum absolute atomic E-state index is 5.57. The first-order valence-electron chi connectivity index (χ1n) is 6.37. The summed E-state index contributed by atoms with van der Waals surface area (Å²) in [6.45, 7) is 2.59. The van der Waals surface area contributed by atoms with Crippen LogP contribution in [-0.4, -0.2) is 23.6 Å². The highest BCUT2D eigenvalue weighted by atomic mass is 35.5. The van der Waals surface area contributed by atoms with Crippen molar-refractivity contribution in [2.24, 2.45) is 5.73 Å². The Balaban J connectivity index is 0.00000200. The van der Waals surface area contributed by atoms with E-state index in [0.29, 0.717) is 6.54 Å². The lowest BCUT2D eigenvalue weighted by molar-refractivity contribution is 0.414. The molecule has 1 heterocycles. The predicted octanol–water partition coefficient (Wildman–Crippen LogP) is 2.31. The molecule has 0 fully saturated rings. The van der Waals surface area contributed by atoms with Gasteiger partial charge in [0, 0.05) is 24.2 Å². The average Bonchev–Trinajstić information content (AvgIpc) is 2.39. The van der Waals surface area contributed by atoms with Gasteiger partial charge in [-0.2, -0.15) is 0 Å². The number of hydrogen-bond donors (Lipinski definition) is 1. The van der Waals surface area contributed by atoms with Crippen LogP contribution in [0.3, 0.4) is 0 Å². The first-order valence-corrected chi connectivity index (χ1v) is 6.37. The molecule has 0 amide bonds. The standard InChI is InChI=1S/C15H19N3O.ClH/c1-11-9-13(7-8-16)18-15(17-11)10-12-3-5-14(19-2)6-4-12;/h3-6,9H,7-8,10,16H2,1-2H3;1H. The number of aryl methyl sites for hydroxylation is 1. The van der Waals surface area contributed by atoms with E-state index in [4.69, 9.17) is 10.5 Å². The van der Waals surface area contributed by atoms with E-state index in [0.717, 1.165) is 35.8 Å². The number of methoxy groups -OCH3 is 1. The molecular weight excluding hydrogens is 274 g/mol. The molecule has 0 saturated heterocycles.